The third-order valence-electron chi connectivity index (χ3n) is 4.21. The second kappa shape index (κ2) is 11.0. The van der Waals surface area contributed by atoms with Gasteiger partial charge in [0.25, 0.3) is 11.8 Å². The van der Waals surface area contributed by atoms with Crippen LogP contribution in [0.4, 0.5) is 11.4 Å². The molecule has 32 heavy (non-hydrogen) atoms. The van der Waals surface area contributed by atoms with Gasteiger partial charge in [0.05, 0.1) is 18.7 Å². The Kier molecular flexibility index (Phi) is 7.65. The molecule has 8 heteroatoms. The van der Waals surface area contributed by atoms with Crippen LogP contribution in [0.3, 0.4) is 0 Å². The predicted molar refractivity (Wildman–Crippen MR) is 119 cm³/mol. The molecule has 0 bridgehead atoms. The van der Waals surface area contributed by atoms with Gasteiger partial charge in [0.1, 0.15) is 5.75 Å². The summed E-state index contributed by atoms with van der Waals surface area (Å²) in [7, 11) is 1.53. The van der Waals surface area contributed by atoms with Crippen molar-refractivity contribution in [3.63, 3.8) is 0 Å². The molecule has 3 aromatic carbocycles. The van der Waals surface area contributed by atoms with E-state index in [0.717, 1.165) is 0 Å². The van der Waals surface area contributed by atoms with Gasteiger partial charge in [0.2, 0.25) is 0 Å². The van der Waals surface area contributed by atoms with Gasteiger partial charge in [-0.2, -0.15) is 5.26 Å². The number of methoxy groups -OCH3 is 1. The number of hydrogen-bond donors (Lipinski definition) is 2. The molecule has 0 aromatic heterocycles. The molecule has 3 aromatic rings. The maximum absolute atomic E-state index is 12.2. The van der Waals surface area contributed by atoms with E-state index in [9.17, 15) is 9.59 Å². The van der Waals surface area contributed by atoms with Gasteiger partial charge in [-0.15, -0.1) is 0 Å². The molecular formula is C24H21N3O5. The maximum Gasteiger partial charge on any atom is 0.262 e. The fraction of sp³-hybridized carbons (Fsp3) is 0.125. The summed E-state index contributed by atoms with van der Waals surface area (Å²) < 4.78 is 16.1. The van der Waals surface area contributed by atoms with Gasteiger partial charge in [0.15, 0.2) is 24.7 Å². The van der Waals surface area contributed by atoms with Crippen LogP contribution in [-0.4, -0.2) is 32.1 Å². The first-order valence-electron chi connectivity index (χ1n) is 9.66. The zero-order chi connectivity index (χ0) is 22.8. The summed E-state index contributed by atoms with van der Waals surface area (Å²) in [5, 5.41) is 14.2. The third kappa shape index (κ3) is 6.50. The van der Waals surface area contributed by atoms with Crippen molar-refractivity contribution in [3.05, 3.63) is 78.4 Å². The molecule has 0 radical (unpaired) electrons. The number of ether oxygens (including phenoxy) is 3. The SMILES string of the molecule is COc1ccccc1OCC(=O)Nc1cccc(NC(=O)COc2ccc(C#N)cc2)c1. The van der Waals surface area contributed by atoms with Crippen LogP contribution in [0.1, 0.15) is 5.56 Å². The summed E-state index contributed by atoms with van der Waals surface area (Å²) in [6, 6.07) is 22.2. The van der Waals surface area contributed by atoms with Crippen molar-refractivity contribution >= 4 is 23.2 Å². The highest BCUT2D eigenvalue weighted by Gasteiger charge is 2.09. The van der Waals surface area contributed by atoms with E-state index < -0.39 is 0 Å². The zero-order valence-corrected chi connectivity index (χ0v) is 17.3. The van der Waals surface area contributed by atoms with Gasteiger partial charge < -0.3 is 24.8 Å². The van der Waals surface area contributed by atoms with Crippen molar-refractivity contribution < 1.29 is 23.8 Å². The summed E-state index contributed by atoms with van der Waals surface area (Å²) in [6.45, 7) is -0.398. The molecule has 3 rings (SSSR count). The molecule has 0 atom stereocenters. The number of rotatable bonds is 9. The van der Waals surface area contributed by atoms with Crippen LogP contribution in [0.2, 0.25) is 0 Å². The van der Waals surface area contributed by atoms with E-state index in [-0.39, 0.29) is 25.0 Å². The first kappa shape index (κ1) is 22.2. The van der Waals surface area contributed by atoms with Crippen LogP contribution in [0.15, 0.2) is 72.8 Å². The standard InChI is InChI=1S/C24H21N3O5/c1-30-21-7-2-3-8-22(21)32-16-24(29)27-19-6-4-5-18(13-19)26-23(28)15-31-20-11-9-17(14-25)10-12-20/h2-13H,15-16H2,1H3,(H,26,28)(H,27,29). The second-order valence-corrected chi connectivity index (χ2v) is 6.54. The van der Waals surface area contributed by atoms with E-state index in [1.54, 1.807) is 72.8 Å². The van der Waals surface area contributed by atoms with Crippen molar-refractivity contribution in [2.45, 2.75) is 0 Å². The van der Waals surface area contributed by atoms with Gasteiger partial charge in [-0.25, -0.2) is 0 Å². The number of nitrogens with zero attached hydrogens (tertiary/aromatic N) is 1. The van der Waals surface area contributed by atoms with Crippen molar-refractivity contribution in [3.8, 4) is 23.3 Å². The van der Waals surface area contributed by atoms with E-state index in [4.69, 9.17) is 19.5 Å². The smallest absolute Gasteiger partial charge is 0.262 e. The summed E-state index contributed by atoms with van der Waals surface area (Å²) in [6.07, 6.45) is 0. The largest absolute Gasteiger partial charge is 0.493 e. The summed E-state index contributed by atoms with van der Waals surface area (Å²) in [5.74, 6) is 0.762. The lowest BCUT2D eigenvalue weighted by Gasteiger charge is -2.11. The topological polar surface area (TPSA) is 110 Å². The Morgan fingerprint density at radius 1 is 0.812 bits per heavy atom. The minimum Gasteiger partial charge on any atom is -0.493 e. The number of amides is 2. The minimum absolute atomic E-state index is 0.199. The Morgan fingerprint density at radius 3 is 2.00 bits per heavy atom. The average Bonchev–Trinajstić information content (AvgIpc) is 2.82. The first-order chi connectivity index (χ1) is 15.6. The van der Waals surface area contributed by atoms with Crippen LogP contribution in [-0.2, 0) is 9.59 Å². The lowest BCUT2D eigenvalue weighted by atomic mass is 10.2. The van der Waals surface area contributed by atoms with Gasteiger partial charge in [-0.1, -0.05) is 18.2 Å². The first-order valence-corrected chi connectivity index (χ1v) is 9.66. The van der Waals surface area contributed by atoms with E-state index in [2.05, 4.69) is 10.6 Å². The van der Waals surface area contributed by atoms with Crippen molar-refractivity contribution in [2.75, 3.05) is 31.0 Å². The number of carbonyl (C=O) groups is 2. The third-order valence-corrected chi connectivity index (χ3v) is 4.21. The number of carbonyl (C=O) groups excluding carboxylic acids is 2. The zero-order valence-electron chi connectivity index (χ0n) is 17.3. The molecule has 0 saturated heterocycles. The van der Waals surface area contributed by atoms with Crippen molar-refractivity contribution in [1.29, 1.82) is 5.26 Å². The predicted octanol–water partition coefficient (Wildman–Crippen LogP) is 3.60. The Hall–Kier alpha value is -4.51. The molecule has 162 valence electrons. The van der Waals surface area contributed by atoms with Crippen molar-refractivity contribution in [2.24, 2.45) is 0 Å². The number of para-hydroxylation sites is 2. The monoisotopic (exact) mass is 431 g/mol. The maximum atomic E-state index is 12.2. The van der Waals surface area contributed by atoms with E-state index in [0.29, 0.717) is 34.2 Å². The quantitative estimate of drug-likeness (QED) is 0.536. The van der Waals surface area contributed by atoms with Crippen LogP contribution in [0, 0.1) is 11.3 Å². The van der Waals surface area contributed by atoms with Crippen molar-refractivity contribution in [1.82, 2.24) is 0 Å². The van der Waals surface area contributed by atoms with Crippen LogP contribution >= 0.6 is 0 Å². The summed E-state index contributed by atoms with van der Waals surface area (Å²) >= 11 is 0. The van der Waals surface area contributed by atoms with Crippen LogP contribution in [0.25, 0.3) is 0 Å². The number of nitrogens with one attached hydrogen (secondary N) is 2. The molecule has 0 heterocycles. The number of nitriles is 1. The number of hydrogen-bond acceptors (Lipinski definition) is 6. The number of anilines is 2. The van der Waals surface area contributed by atoms with E-state index in [1.807, 2.05) is 6.07 Å². The van der Waals surface area contributed by atoms with Gasteiger partial charge >= 0.3 is 0 Å². The molecule has 2 amide bonds. The normalized spacial score (nSPS) is 9.88. The molecule has 0 aliphatic rings. The van der Waals surface area contributed by atoms with E-state index in [1.165, 1.54) is 7.11 Å². The highest BCUT2D eigenvalue weighted by atomic mass is 16.5. The summed E-state index contributed by atoms with van der Waals surface area (Å²) in [4.78, 5) is 24.4. The molecule has 0 aliphatic heterocycles. The molecular weight excluding hydrogens is 410 g/mol. The van der Waals surface area contributed by atoms with Gasteiger partial charge in [0, 0.05) is 11.4 Å². The molecule has 0 spiro atoms. The Balaban J connectivity index is 1.49. The van der Waals surface area contributed by atoms with E-state index >= 15 is 0 Å². The fourth-order valence-corrected chi connectivity index (χ4v) is 2.72. The second-order valence-electron chi connectivity index (χ2n) is 6.54. The number of benzene rings is 3. The Bertz CT molecular complexity index is 1120. The van der Waals surface area contributed by atoms with Crippen LogP contribution < -0.4 is 24.8 Å². The Labute approximate surface area is 185 Å². The molecule has 0 aliphatic carbocycles. The molecule has 0 unspecified atom stereocenters. The molecule has 0 saturated carbocycles. The lowest BCUT2D eigenvalue weighted by Crippen LogP contribution is -2.21. The molecule has 8 nitrogen and oxygen atoms in total. The van der Waals surface area contributed by atoms with Crippen LogP contribution in [0.5, 0.6) is 17.2 Å². The lowest BCUT2D eigenvalue weighted by molar-refractivity contribution is -0.118. The Morgan fingerprint density at radius 2 is 1.41 bits per heavy atom. The highest BCUT2D eigenvalue weighted by Crippen LogP contribution is 2.25. The minimum atomic E-state index is -0.364. The average molecular weight is 431 g/mol. The molecule has 2 N–H and O–H groups in total. The fourth-order valence-electron chi connectivity index (χ4n) is 2.72. The molecule has 0 fully saturated rings. The van der Waals surface area contributed by atoms with Gasteiger partial charge in [-0.3, -0.25) is 9.59 Å². The van der Waals surface area contributed by atoms with Gasteiger partial charge in [-0.05, 0) is 54.6 Å². The summed E-state index contributed by atoms with van der Waals surface area (Å²) in [5.41, 5.74) is 1.51. The highest BCUT2D eigenvalue weighted by molar-refractivity contribution is 5.95.